The number of rotatable bonds is 3. The van der Waals surface area contributed by atoms with Crippen LogP contribution in [0.4, 0.5) is 0 Å². The number of nitrogens with one attached hydrogen (secondary N) is 1. The van der Waals surface area contributed by atoms with Gasteiger partial charge in [0.1, 0.15) is 10.6 Å². The molecule has 0 saturated carbocycles. The molecule has 0 amide bonds. The minimum atomic E-state index is -3.58. The van der Waals surface area contributed by atoms with Crippen molar-refractivity contribution in [2.45, 2.75) is 44.2 Å². The van der Waals surface area contributed by atoms with E-state index in [1.807, 2.05) is 13.0 Å². The van der Waals surface area contributed by atoms with Crippen molar-refractivity contribution in [3.63, 3.8) is 0 Å². The molecule has 1 aliphatic heterocycles. The number of fused-ring (bicyclic) bond motifs is 1. The summed E-state index contributed by atoms with van der Waals surface area (Å²) in [5.41, 5.74) is 7.67. The Balaban J connectivity index is 2.58. The first-order chi connectivity index (χ1) is 8.81. The number of hydrogen-bond acceptors (Lipinski definition) is 4. The summed E-state index contributed by atoms with van der Waals surface area (Å²) in [4.78, 5) is 0.186. The van der Waals surface area contributed by atoms with Crippen LogP contribution in [-0.4, -0.2) is 21.1 Å². The summed E-state index contributed by atoms with van der Waals surface area (Å²) in [7, 11) is -3.58. The molecule has 0 bridgehead atoms. The fourth-order valence-corrected chi connectivity index (χ4v) is 3.72. The topological polar surface area (TPSA) is 81.4 Å². The third-order valence-corrected chi connectivity index (χ3v) is 4.65. The molecule has 5 nitrogen and oxygen atoms in total. The van der Waals surface area contributed by atoms with Crippen molar-refractivity contribution in [3.05, 3.63) is 23.3 Å². The van der Waals surface area contributed by atoms with Crippen molar-refractivity contribution in [1.29, 1.82) is 0 Å². The number of hydrogen-bond donors (Lipinski definition) is 2. The molecule has 0 fully saturated rings. The average Bonchev–Trinajstić information content (AvgIpc) is 2.27. The molecule has 0 radical (unpaired) electrons. The molecule has 1 aliphatic rings. The van der Waals surface area contributed by atoms with Crippen LogP contribution in [0.5, 0.6) is 5.75 Å². The number of ether oxygens (including phenoxy) is 1. The number of aryl methyl sites for hydroxylation is 1. The van der Waals surface area contributed by atoms with Gasteiger partial charge in [0.05, 0.1) is 6.61 Å². The van der Waals surface area contributed by atoms with E-state index in [9.17, 15) is 8.42 Å². The van der Waals surface area contributed by atoms with Crippen LogP contribution in [0.25, 0.3) is 0 Å². The molecule has 106 valence electrons. The maximum Gasteiger partial charge on any atom is 0.244 e. The molecule has 2 rings (SSSR count). The minimum Gasteiger partial charge on any atom is -0.492 e. The first-order valence-electron chi connectivity index (χ1n) is 6.36. The molecule has 1 aromatic rings. The minimum absolute atomic E-state index is 0.168. The van der Waals surface area contributed by atoms with Crippen LogP contribution in [0, 0.1) is 6.92 Å². The molecule has 19 heavy (non-hydrogen) atoms. The molecule has 6 heteroatoms. The molecule has 1 atom stereocenters. The van der Waals surface area contributed by atoms with Gasteiger partial charge >= 0.3 is 0 Å². The zero-order chi connectivity index (χ0) is 14.2. The van der Waals surface area contributed by atoms with Gasteiger partial charge in [-0.2, -0.15) is 0 Å². The number of sulfonamides is 1. The van der Waals surface area contributed by atoms with Crippen LogP contribution in [0.1, 0.15) is 37.4 Å². The van der Waals surface area contributed by atoms with Gasteiger partial charge in [-0.05, 0) is 32.4 Å². The number of nitrogens with two attached hydrogens (primary N) is 1. The van der Waals surface area contributed by atoms with Crippen molar-refractivity contribution in [2.75, 3.05) is 6.61 Å². The van der Waals surface area contributed by atoms with Gasteiger partial charge in [0.15, 0.2) is 0 Å². The molecule has 1 aromatic carbocycles. The van der Waals surface area contributed by atoms with Gasteiger partial charge in [-0.1, -0.05) is 6.07 Å². The second-order valence-corrected chi connectivity index (χ2v) is 6.88. The van der Waals surface area contributed by atoms with Gasteiger partial charge in [-0.3, -0.25) is 0 Å². The largest absolute Gasteiger partial charge is 0.492 e. The predicted molar refractivity (Wildman–Crippen MR) is 73.7 cm³/mol. The van der Waals surface area contributed by atoms with Gasteiger partial charge in [-0.25, -0.2) is 13.1 Å². The van der Waals surface area contributed by atoms with Crippen molar-refractivity contribution >= 4 is 10.0 Å². The van der Waals surface area contributed by atoms with Crippen LogP contribution in [-0.2, 0) is 10.0 Å². The van der Waals surface area contributed by atoms with E-state index >= 15 is 0 Å². The van der Waals surface area contributed by atoms with E-state index in [0.717, 1.165) is 11.1 Å². The van der Waals surface area contributed by atoms with E-state index in [-0.39, 0.29) is 17.0 Å². The number of benzene rings is 1. The van der Waals surface area contributed by atoms with Gasteiger partial charge in [-0.15, -0.1) is 0 Å². The Labute approximate surface area is 114 Å². The molecule has 3 N–H and O–H groups in total. The zero-order valence-electron chi connectivity index (χ0n) is 11.4. The Morgan fingerprint density at radius 1 is 1.42 bits per heavy atom. The lowest BCUT2D eigenvalue weighted by atomic mass is 9.99. The highest BCUT2D eigenvalue weighted by molar-refractivity contribution is 7.89. The van der Waals surface area contributed by atoms with E-state index < -0.39 is 10.0 Å². The van der Waals surface area contributed by atoms with Gasteiger partial charge in [0, 0.05) is 24.1 Å². The first-order valence-corrected chi connectivity index (χ1v) is 7.85. The smallest absolute Gasteiger partial charge is 0.244 e. The molecular weight excluding hydrogens is 264 g/mol. The van der Waals surface area contributed by atoms with Crippen LogP contribution < -0.4 is 15.2 Å². The third-order valence-electron chi connectivity index (χ3n) is 2.98. The summed E-state index contributed by atoms with van der Waals surface area (Å²) in [5.74, 6) is 0.400. The molecule has 0 aromatic heterocycles. The molecule has 1 heterocycles. The van der Waals surface area contributed by atoms with Gasteiger partial charge in [0.2, 0.25) is 10.0 Å². The highest BCUT2D eigenvalue weighted by Crippen LogP contribution is 2.37. The van der Waals surface area contributed by atoms with E-state index in [4.69, 9.17) is 10.5 Å². The van der Waals surface area contributed by atoms with Crippen molar-refractivity contribution in [1.82, 2.24) is 4.72 Å². The second-order valence-electron chi connectivity index (χ2n) is 5.20. The van der Waals surface area contributed by atoms with E-state index in [0.29, 0.717) is 18.8 Å². The Morgan fingerprint density at radius 2 is 2.11 bits per heavy atom. The van der Waals surface area contributed by atoms with Crippen LogP contribution >= 0.6 is 0 Å². The van der Waals surface area contributed by atoms with Crippen molar-refractivity contribution in [2.24, 2.45) is 5.73 Å². The Bertz CT molecular complexity index is 582. The maximum atomic E-state index is 12.3. The zero-order valence-corrected chi connectivity index (χ0v) is 12.3. The molecule has 0 saturated heterocycles. The standard InChI is InChI=1S/C13H20N2O3S/c1-8(2)15-19(16,17)12-7-9(3)6-10-11(14)4-5-18-13(10)12/h6-8,11,15H,4-5,14H2,1-3H3. The normalized spacial score (nSPS) is 19.1. The summed E-state index contributed by atoms with van der Waals surface area (Å²) in [5, 5.41) is 0. The highest BCUT2D eigenvalue weighted by Gasteiger charge is 2.28. The van der Waals surface area contributed by atoms with E-state index in [2.05, 4.69) is 4.72 Å². The average molecular weight is 284 g/mol. The monoisotopic (exact) mass is 284 g/mol. The highest BCUT2D eigenvalue weighted by atomic mass is 32.2. The molecule has 1 unspecified atom stereocenters. The SMILES string of the molecule is Cc1cc2c(c(S(=O)(=O)NC(C)C)c1)OCCC2N. The maximum absolute atomic E-state index is 12.3. The summed E-state index contributed by atoms with van der Waals surface area (Å²) in [6, 6.07) is 3.19. The van der Waals surface area contributed by atoms with Crippen LogP contribution in [0.3, 0.4) is 0 Å². The third kappa shape index (κ3) is 2.91. The summed E-state index contributed by atoms with van der Waals surface area (Å²) in [6.07, 6.45) is 0.702. The Hall–Kier alpha value is -1.11. The predicted octanol–water partition coefficient (Wildman–Crippen LogP) is 1.46. The van der Waals surface area contributed by atoms with E-state index in [1.165, 1.54) is 0 Å². The van der Waals surface area contributed by atoms with Crippen molar-refractivity contribution < 1.29 is 13.2 Å². The molecular formula is C13H20N2O3S. The van der Waals surface area contributed by atoms with E-state index in [1.54, 1.807) is 19.9 Å². The van der Waals surface area contributed by atoms with Gasteiger partial charge in [0.25, 0.3) is 0 Å². The fraction of sp³-hybridized carbons (Fsp3) is 0.538. The first kappa shape index (κ1) is 14.3. The Kier molecular flexibility index (Phi) is 3.85. The fourth-order valence-electron chi connectivity index (χ4n) is 2.21. The van der Waals surface area contributed by atoms with Crippen molar-refractivity contribution in [3.8, 4) is 5.75 Å². The van der Waals surface area contributed by atoms with Crippen LogP contribution in [0.2, 0.25) is 0 Å². The summed E-state index contributed by atoms with van der Waals surface area (Å²) >= 11 is 0. The van der Waals surface area contributed by atoms with Crippen LogP contribution in [0.15, 0.2) is 17.0 Å². The Morgan fingerprint density at radius 3 is 2.74 bits per heavy atom. The molecule has 0 spiro atoms. The quantitative estimate of drug-likeness (QED) is 0.880. The van der Waals surface area contributed by atoms with Gasteiger partial charge < -0.3 is 10.5 Å². The summed E-state index contributed by atoms with van der Waals surface area (Å²) < 4.78 is 32.8. The lowest BCUT2D eigenvalue weighted by Gasteiger charge is -2.26. The lowest BCUT2D eigenvalue weighted by molar-refractivity contribution is 0.261. The summed E-state index contributed by atoms with van der Waals surface area (Å²) in [6.45, 7) is 5.87. The second kappa shape index (κ2) is 5.11. The molecule has 0 aliphatic carbocycles. The lowest BCUT2D eigenvalue weighted by Crippen LogP contribution is -2.32.